The molecule has 0 saturated carbocycles. The number of nitrogens with one attached hydrogen (secondary N) is 1. The largest absolute Gasteiger partial charge is 0.299 e. The maximum absolute atomic E-state index is 13.9. The highest BCUT2D eigenvalue weighted by Crippen LogP contribution is 2.32. The molecule has 1 aliphatic rings. The number of likely N-dealkylation sites (tertiary alicyclic amines) is 1. The maximum Gasteiger partial charge on any atom is 0.237 e. The molecule has 1 N–H and O–H groups in total. The van der Waals surface area contributed by atoms with E-state index in [1.807, 2.05) is 36.5 Å². The number of fused-ring (bicyclic) bond motifs is 1. The lowest BCUT2D eigenvalue weighted by Crippen LogP contribution is -2.32. The van der Waals surface area contributed by atoms with E-state index in [2.05, 4.69) is 59.3 Å². The van der Waals surface area contributed by atoms with Gasteiger partial charge in [-0.1, -0.05) is 54.6 Å². The number of rotatable bonds is 6. The number of aromatic amines is 1. The van der Waals surface area contributed by atoms with Gasteiger partial charge in [0.25, 0.3) is 0 Å². The first-order chi connectivity index (χ1) is 19.7. The van der Waals surface area contributed by atoms with Crippen LogP contribution in [0.3, 0.4) is 0 Å². The summed E-state index contributed by atoms with van der Waals surface area (Å²) in [6.07, 6.45) is 10.2. The summed E-state index contributed by atoms with van der Waals surface area (Å²) >= 11 is 0. The molecule has 5 heterocycles. The summed E-state index contributed by atoms with van der Waals surface area (Å²) in [5, 5.41) is 7.47. The molecule has 9 nitrogen and oxygen atoms in total. The number of H-pyrrole nitrogens is 1. The molecule has 2 aromatic carbocycles. The van der Waals surface area contributed by atoms with Gasteiger partial charge in [0.1, 0.15) is 5.69 Å². The number of benzene rings is 2. The normalized spacial score (nSPS) is 14.6. The Hall–Kier alpha value is -4.83. The maximum atomic E-state index is 13.9. The Morgan fingerprint density at radius 1 is 0.875 bits per heavy atom. The van der Waals surface area contributed by atoms with Gasteiger partial charge in [0.15, 0.2) is 11.6 Å². The molecule has 0 unspecified atom stereocenters. The molecule has 1 aliphatic heterocycles. The lowest BCUT2D eigenvalue weighted by molar-refractivity contribution is 0.202. The third-order valence-electron chi connectivity index (χ3n) is 7.40. The molecule has 0 radical (unpaired) electrons. The van der Waals surface area contributed by atoms with Gasteiger partial charge in [-0.15, -0.1) is 0 Å². The zero-order chi connectivity index (χ0) is 26.9. The van der Waals surface area contributed by atoms with Crippen LogP contribution in [0.4, 0.5) is 4.39 Å². The van der Waals surface area contributed by atoms with Crippen molar-refractivity contribution in [2.45, 2.75) is 25.3 Å². The van der Waals surface area contributed by atoms with Gasteiger partial charge in [0.05, 0.1) is 18.1 Å². The van der Waals surface area contributed by atoms with E-state index in [0.29, 0.717) is 23.2 Å². The Balaban J connectivity index is 1.05. The third-order valence-corrected chi connectivity index (χ3v) is 7.40. The lowest BCUT2D eigenvalue weighted by Gasteiger charge is -2.30. The van der Waals surface area contributed by atoms with Crippen LogP contribution in [0.1, 0.15) is 30.1 Å². The molecule has 198 valence electrons. The Morgan fingerprint density at radius 3 is 2.48 bits per heavy atom. The van der Waals surface area contributed by atoms with Crippen LogP contribution in [0.15, 0.2) is 85.6 Å². The van der Waals surface area contributed by atoms with Crippen LogP contribution in [-0.4, -0.2) is 57.5 Å². The van der Waals surface area contributed by atoms with Gasteiger partial charge in [0, 0.05) is 42.2 Å². The first kappa shape index (κ1) is 24.2. The van der Waals surface area contributed by atoms with Gasteiger partial charge in [-0.2, -0.15) is 14.5 Å². The van der Waals surface area contributed by atoms with Crippen molar-refractivity contribution < 1.29 is 4.39 Å². The molecular formula is C30H26FN9. The smallest absolute Gasteiger partial charge is 0.237 e. The molecule has 10 heteroatoms. The summed E-state index contributed by atoms with van der Waals surface area (Å²) in [6.45, 7) is 2.82. The number of nitrogens with zero attached hydrogens (tertiary/aromatic N) is 8. The van der Waals surface area contributed by atoms with Crippen LogP contribution < -0.4 is 0 Å². The van der Waals surface area contributed by atoms with E-state index in [0.717, 1.165) is 60.7 Å². The second-order valence-electron chi connectivity index (χ2n) is 10.0. The van der Waals surface area contributed by atoms with Crippen molar-refractivity contribution in [3.63, 3.8) is 0 Å². The Labute approximate surface area is 229 Å². The molecule has 0 bridgehead atoms. The summed E-state index contributed by atoms with van der Waals surface area (Å²) in [5.41, 5.74) is 5.63. The number of aromatic nitrogens is 8. The summed E-state index contributed by atoms with van der Waals surface area (Å²) < 4.78 is 15.5. The second kappa shape index (κ2) is 10.4. The van der Waals surface area contributed by atoms with Gasteiger partial charge < -0.3 is 0 Å². The van der Waals surface area contributed by atoms with Crippen LogP contribution in [0, 0.1) is 5.95 Å². The molecular weight excluding hydrogens is 505 g/mol. The molecule has 0 aliphatic carbocycles. The first-order valence-electron chi connectivity index (χ1n) is 13.3. The van der Waals surface area contributed by atoms with Crippen molar-refractivity contribution in [2.75, 3.05) is 13.1 Å². The molecule has 40 heavy (non-hydrogen) atoms. The fourth-order valence-corrected chi connectivity index (χ4v) is 5.31. The molecule has 1 saturated heterocycles. The van der Waals surface area contributed by atoms with Crippen LogP contribution in [0.25, 0.3) is 39.7 Å². The van der Waals surface area contributed by atoms with Crippen LogP contribution >= 0.6 is 0 Å². The topological polar surface area (TPSA) is 101 Å². The van der Waals surface area contributed by atoms with Crippen LogP contribution in [0.5, 0.6) is 0 Å². The standard InChI is InChI=1S/C30H26FN9/c31-26-19-40-18-24(21-4-2-1-3-5-21)27(35-30(40)34-26)22-8-6-20(7-9-22)17-39-14-10-23(11-15-39)28-36-29(38-37-28)25-16-32-12-13-33-25/h1-9,12-13,16,18-19,23H,10-11,14-15,17H2,(H,36,37,38). The van der Waals surface area contributed by atoms with Gasteiger partial charge in [0.2, 0.25) is 11.7 Å². The minimum atomic E-state index is -0.545. The monoisotopic (exact) mass is 531 g/mol. The number of hydrogen-bond acceptors (Lipinski definition) is 7. The molecule has 6 aromatic rings. The Kier molecular flexibility index (Phi) is 6.29. The van der Waals surface area contributed by atoms with E-state index in [1.54, 1.807) is 23.0 Å². The summed E-state index contributed by atoms with van der Waals surface area (Å²) in [4.78, 5) is 24.2. The highest BCUT2D eigenvalue weighted by molar-refractivity contribution is 5.81. The predicted octanol–water partition coefficient (Wildman–Crippen LogP) is 5.16. The number of halogens is 1. The minimum Gasteiger partial charge on any atom is -0.299 e. The summed E-state index contributed by atoms with van der Waals surface area (Å²) in [6, 6.07) is 18.5. The number of hydrogen-bond donors (Lipinski definition) is 1. The Bertz CT molecular complexity index is 1740. The second-order valence-corrected chi connectivity index (χ2v) is 10.0. The summed E-state index contributed by atoms with van der Waals surface area (Å²) in [7, 11) is 0. The molecule has 0 amide bonds. The van der Waals surface area contributed by atoms with Crippen molar-refractivity contribution in [3.05, 3.63) is 103 Å². The zero-order valence-electron chi connectivity index (χ0n) is 21.7. The average molecular weight is 532 g/mol. The third kappa shape index (κ3) is 4.85. The Morgan fingerprint density at radius 2 is 1.70 bits per heavy atom. The first-order valence-corrected chi connectivity index (χ1v) is 13.3. The number of piperidine rings is 1. The van der Waals surface area contributed by atoms with Crippen molar-refractivity contribution in [3.8, 4) is 33.9 Å². The highest BCUT2D eigenvalue weighted by atomic mass is 19.1. The molecule has 0 atom stereocenters. The van der Waals surface area contributed by atoms with Crippen LogP contribution in [-0.2, 0) is 6.54 Å². The van der Waals surface area contributed by atoms with E-state index in [-0.39, 0.29) is 0 Å². The van der Waals surface area contributed by atoms with E-state index < -0.39 is 5.95 Å². The fraction of sp³-hybridized carbons (Fsp3) is 0.200. The molecule has 4 aromatic heterocycles. The lowest BCUT2D eigenvalue weighted by atomic mass is 9.95. The quantitative estimate of drug-likeness (QED) is 0.317. The van der Waals surface area contributed by atoms with Gasteiger partial charge in [-0.25, -0.2) is 15.0 Å². The molecule has 7 rings (SSSR count). The zero-order valence-corrected chi connectivity index (χ0v) is 21.7. The minimum absolute atomic E-state index is 0.324. The van der Waals surface area contributed by atoms with Crippen molar-refractivity contribution >= 4 is 5.78 Å². The van der Waals surface area contributed by atoms with Crippen molar-refractivity contribution in [1.29, 1.82) is 0 Å². The number of imidazole rings is 1. The SMILES string of the molecule is Fc1cn2cc(-c3ccccc3)c(-c3ccc(CN4CCC(c5n[nH]c(-c6cnccn6)n5)CC4)cc3)nc2n1. The van der Waals surface area contributed by atoms with E-state index in [1.165, 1.54) is 11.8 Å². The van der Waals surface area contributed by atoms with Gasteiger partial charge in [-0.3, -0.25) is 19.4 Å². The van der Waals surface area contributed by atoms with E-state index in [9.17, 15) is 4.39 Å². The van der Waals surface area contributed by atoms with E-state index in [4.69, 9.17) is 4.98 Å². The highest BCUT2D eigenvalue weighted by Gasteiger charge is 2.24. The molecule has 1 fully saturated rings. The van der Waals surface area contributed by atoms with Gasteiger partial charge >= 0.3 is 0 Å². The van der Waals surface area contributed by atoms with Crippen molar-refractivity contribution in [2.24, 2.45) is 0 Å². The average Bonchev–Trinajstić information content (AvgIpc) is 3.64. The summed E-state index contributed by atoms with van der Waals surface area (Å²) in [5.74, 6) is 1.63. The van der Waals surface area contributed by atoms with Crippen molar-refractivity contribution in [1.82, 2.24) is 44.4 Å². The van der Waals surface area contributed by atoms with Crippen LogP contribution in [0.2, 0.25) is 0 Å². The van der Waals surface area contributed by atoms with Gasteiger partial charge in [-0.05, 0) is 37.1 Å². The molecule has 0 spiro atoms. The van der Waals surface area contributed by atoms with E-state index >= 15 is 0 Å². The predicted molar refractivity (Wildman–Crippen MR) is 148 cm³/mol. The fourth-order valence-electron chi connectivity index (χ4n) is 5.31.